The van der Waals surface area contributed by atoms with Gasteiger partial charge in [0, 0.05) is 27.2 Å². The van der Waals surface area contributed by atoms with Crippen molar-refractivity contribution < 1.29 is 4.74 Å². The first-order valence-corrected chi connectivity index (χ1v) is 20.8. The topological polar surface area (TPSA) is 9.23 Å². The molecular weight excluding hydrogens is 642 g/mol. The van der Waals surface area contributed by atoms with Gasteiger partial charge in [0.1, 0.15) is 11.5 Å². The van der Waals surface area contributed by atoms with E-state index in [0.717, 1.165) is 24.3 Å². The molecule has 254 valence electrons. The van der Waals surface area contributed by atoms with E-state index in [1.165, 1.54) is 76.4 Å². The Bertz CT molecular complexity index is 2150. The summed E-state index contributed by atoms with van der Waals surface area (Å²) in [5.41, 5.74) is 10.3. The molecule has 2 aliphatic rings. The Morgan fingerprint density at radius 1 is 0.640 bits per heavy atom. The number of hydrogen-bond acceptors (Lipinski definition) is 1. The van der Waals surface area contributed by atoms with Crippen molar-refractivity contribution >= 4 is 42.4 Å². The van der Waals surface area contributed by atoms with Gasteiger partial charge in [-0.1, -0.05) is 165 Å². The van der Waals surface area contributed by atoms with Crippen LogP contribution >= 0.6 is 15.8 Å². The van der Waals surface area contributed by atoms with Gasteiger partial charge in [0.2, 0.25) is 0 Å². The number of fused-ring (bicyclic) bond motifs is 2. The zero-order chi connectivity index (χ0) is 35.3. The summed E-state index contributed by atoms with van der Waals surface area (Å²) in [5.74, 6) is 2.61. The lowest BCUT2D eigenvalue weighted by Crippen LogP contribution is -2.32. The van der Waals surface area contributed by atoms with Crippen molar-refractivity contribution in [1.82, 2.24) is 0 Å². The maximum absolute atomic E-state index is 7.51. The Kier molecular flexibility index (Phi) is 9.54. The highest BCUT2D eigenvalue weighted by molar-refractivity contribution is 7.80. The smallest absolute Gasteiger partial charge is 0.139 e. The molecule has 3 heteroatoms. The lowest BCUT2D eigenvalue weighted by atomic mass is 9.76. The average molecular weight is 693 g/mol. The molecule has 0 N–H and O–H groups in total. The first-order valence-electron chi connectivity index (χ1n) is 18.1. The van der Waals surface area contributed by atoms with E-state index in [1.807, 2.05) is 0 Å². The molecule has 1 aliphatic carbocycles. The zero-order valence-corrected chi connectivity index (χ0v) is 33.0. The number of benzene rings is 5. The molecule has 7 rings (SSSR count). The van der Waals surface area contributed by atoms with Crippen LogP contribution in [0.5, 0.6) is 11.5 Å². The van der Waals surface area contributed by atoms with Crippen molar-refractivity contribution in [3.8, 4) is 11.5 Å². The zero-order valence-electron chi connectivity index (χ0n) is 31.2. The van der Waals surface area contributed by atoms with Crippen LogP contribution in [0.4, 0.5) is 0 Å². The molecule has 1 aliphatic heterocycles. The van der Waals surface area contributed by atoms with E-state index < -0.39 is 15.8 Å². The second kappa shape index (κ2) is 13.8. The first kappa shape index (κ1) is 34.7. The molecule has 5 aromatic rings. The van der Waals surface area contributed by atoms with Gasteiger partial charge in [0.15, 0.2) is 0 Å². The van der Waals surface area contributed by atoms with Gasteiger partial charge in [-0.2, -0.15) is 0 Å². The van der Waals surface area contributed by atoms with Crippen LogP contribution in [0.1, 0.15) is 80.0 Å². The average Bonchev–Trinajstić information content (AvgIpc) is 3.05. The highest BCUT2D eigenvalue weighted by Gasteiger charge is 2.40. The summed E-state index contributed by atoms with van der Waals surface area (Å²) < 4.78 is 7.51. The minimum absolute atomic E-state index is 0.239. The largest absolute Gasteiger partial charge is 0.455 e. The fraction of sp³-hybridized carbons (Fsp3) is 0.277. The third-order valence-corrected chi connectivity index (χ3v) is 15.2. The fourth-order valence-corrected chi connectivity index (χ4v) is 13.8. The Hall–Kier alpha value is -3.76. The second-order valence-electron chi connectivity index (χ2n) is 15.1. The second-order valence-corrected chi connectivity index (χ2v) is 19.6. The van der Waals surface area contributed by atoms with Crippen LogP contribution in [0.15, 0.2) is 120 Å². The summed E-state index contributed by atoms with van der Waals surface area (Å²) >= 11 is 0. The molecule has 50 heavy (non-hydrogen) atoms. The molecule has 0 fully saturated rings. The van der Waals surface area contributed by atoms with Crippen LogP contribution in [0, 0.1) is 33.6 Å². The molecule has 0 saturated heterocycles. The van der Waals surface area contributed by atoms with E-state index in [4.69, 9.17) is 4.74 Å². The molecule has 0 spiro atoms. The van der Waals surface area contributed by atoms with Crippen LogP contribution in [-0.4, -0.2) is 0 Å². The molecule has 0 aromatic heterocycles. The van der Waals surface area contributed by atoms with Gasteiger partial charge in [-0.05, 0) is 96.0 Å². The van der Waals surface area contributed by atoms with Gasteiger partial charge < -0.3 is 4.74 Å². The highest BCUT2D eigenvalue weighted by Crippen LogP contribution is 2.55. The standard InChI is InChI=1S/C47H50OP2/c1-10-36-22-35(7)28-40(29-36)50(39-26-33(5)21-34(6)27-39)44-19-13-17-42-46(44)48-45-41(47(42,8)9)16-12-18-43(45)49(37-15-11-14-30(2)23-37)38-24-31(3)20-32(4)25-38/h11-24,26-29,32H,10,25H2,1-9H3. The molecular formula is C47H50OP2. The number of hydrogen-bond donors (Lipinski definition) is 0. The Balaban J connectivity index is 1.47. The van der Waals surface area contributed by atoms with Crippen molar-refractivity contribution in [2.45, 2.75) is 80.6 Å². The van der Waals surface area contributed by atoms with Crippen molar-refractivity contribution in [2.75, 3.05) is 0 Å². The molecule has 0 radical (unpaired) electrons. The summed E-state index contributed by atoms with van der Waals surface area (Å²) in [6.07, 6.45) is 6.96. The molecule has 0 amide bonds. The van der Waals surface area contributed by atoms with Gasteiger partial charge in [-0.3, -0.25) is 0 Å². The maximum atomic E-state index is 7.51. The lowest BCUT2D eigenvalue weighted by Gasteiger charge is -2.39. The van der Waals surface area contributed by atoms with E-state index in [1.54, 1.807) is 0 Å². The van der Waals surface area contributed by atoms with Crippen LogP contribution in [0.2, 0.25) is 0 Å². The van der Waals surface area contributed by atoms with Crippen molar-refractivity contribution in [3.05, 3.63) is 159 Å². The van der Waals surface area contributed by atoms with Gasteiger partial charge in [0.05, 0.1) is 0 Å². The van der Waals surface area contributed by atoms with E-state index >= 15 is 0 Å². The number of aryl methyl sites for hydroxylation is 5. The van der Waals surface area contributed by atoms with Crippen molar-refractivity contribution in [1.29, 1.82) is 0 Å². The number of para-hydroxylation sites is 2. The van der Waals surface area contributed by atoms with E-state index in [0.29, 0.717) is 5.92 Å². The molecule has 3 unspecified atom stereocenters. The summed E-state index contributed by atoms with van der Waals surface area (Å²) in [6, 6.07) is 37.4. The predicted octanol–water partition coefficient (Wildman–Crippen LogP) is 11.0. The Morgan fingerprint density at radius 3 is 1.80 bits per heavy atom. The van der Waals surface area contributed by atoms with Crippen molar-refractivity contribution in [2.24, 2.45) is 5.92 Å². The van der Waals surface area contributed by atoms with E-state index in [2.05, 4.69) is 172 Å². The molecule has 0 saturated carbocycles. The Morgan fingerprint density at radius 2 is 1.20 bits per heavy atom. The third kappa shape index (κ3) is 6.57. The lowest BCUT2D eigenvalue weighted by molar-refractivity contribution is 0.425. The quantitative estimate of drug-likeness (QED) is 0.154. The first-order chi connectivity index (χ1) is 23.9. The monoisotopic (exact) mass is 692 g/mol. The minimum Gasteiger partial charge on any atom is -0.455 e. The van der Waals surface area contributed by atoms with E-state index in [-0.39, 0.29) is 5.41 Å². The fourth-order valence-electron chi connectivity index (χ4n) is 8.12. The summed E-state index contributed by atoms with van der Waals surface area (Å²) in [5, 5.41) is 8.31. The van der Waals surface area contributed by atoms with Crippen LogP contribution in [0.3, 0.4) is 0 Å². The number of allylic oxidation sites excluding steroid dienone is 4. The molecule has 1 nitrogen and oxygen atoms in total. The molecule has 3 atom stereocenters. The van der Waals surface area contributed by atoms with Crippen molar-refractivity contribution in [3.63, 3.8) is 0 Å². The summed E-state index contributed by atoms with van der Waals surface area (Å²) in [6.45, 7) is 20.6. The molecule has 0 bridgehead atoms. The van der Waals surface area contributed by atoms with Crippen LogP contribution in [0.25, 0.3) is 0 Å². The SMILES string of the molecule is CCc1cc(C)cc(P(c2cc(C)cc(C)c2)c2cccc3c2Oc2c(P(C4=CC(C)=CC(C)C4)c4cccc(C)c4)cccc2C3(C)C)c1. The van der Waals surface area contributed by atoms with Gasteiger partial charge >= 0.3 is 0 Å². The van der Waals surface area contributed by atoms with Crippen LogP contribution in [-0.2, 0) is 11.8 Å². The number of ether oxygens (including phenoxy) is 1. The molecule has 1 heterocycles. The van der Waals surface area contributed by atoms with Gasteiger partial charge in [0.25, 0.3) is 0 Å². The normalized spacial score (nSPS) is 17.5. The van der Waals surface area contributed by atoms with Gasteiger partial charge in [-0.15, -0.1) is 0 Å². The van der Waals surface area contributed by atoms with Gasteiger partial charge in [-0.25, -0.2) is 0 Å². The third-order valence-electron chi connectivity index (χ3n) is 10.3. The Labute approximate surface area is 303 Å². The predicted molar refractivity (Wildman–Crippen MR) is 220 cm³/mol. The summed E-state index contributed by atoms with van der Waals surface area (Å²) in [4.78, 5) is 0. The summed E-state index contributed by atoms with van der Waals surface area (Å²) in [7, 11) is -1.71. The minimum atomic E-state index is -0.898. The maximum Gasteiger partial charge on any atom is 0.139 e. The number of rotatable bonds is 7. The molecule has 5 aromatic carbocycles. The van der Waals surface area contributed by atoms with E-state index in [9.17, 15) is 0 Å². The van der Waals surface area contributed by atoms with Crippen LogP contribution < -0.4 is 31.3 Å². The highest BCUT2D eigenvalue weighted by atomic mass is 31.1.